The second kappa shape index (κ2) is 22.1. The molecule has 174 valence electrons. The van der Waals surface area contributed by atoms with Crippen molar-refractivity contribution < 1.29 is 4.79 Å². The number of unbranched alkanes of at least 4 members (excludes halogenated alkanes) is 13. The van der Waals surface area contributed by atoms with E-state index in [4.69, 9.17) is 0 Å². The average molecular weight is 412 g/mol. The summed E-state index contributed by atoms with van der Waals surface area (Å²) in [6.45, 7) is 10.3. The molecular formula is C25H53N3O. The number of carbonyl (C=O) groups is 1. The minimum atomic E-state index is 0.204. The van der Waals surface area contributed by atoms with Gasteiger partial charge < -0.3 is 10.6 Å². The zero-order valence-electron chi connectivity index (χ0n) is 20.4. The summed E-state index contributed by atoms with van der Waals surface area (Å²) in [5.41, 5.74) is 0. The lowest BCUT2D eigenvalue weighted by molar-refractivity contribution is -0.121. The number of nitrogens with zero attached hydrogens (tertiary/aromatic N) is 1. The molecule has 0 atom stereocenters. The van der Waals surface area contributed by atoms with E-state index in [0.717, 1.165) is 32.6 Å². The van der Waals surface area contributed by atoms with E-state index < -0.39 is 0 Å². The molecular weight excluding hydrogens is 358 g/mol. The van der Waals surface area contributed by atoms with Crippen LogP contribution in [0.3, 0.4) is 0 Å². The van der Waals surface area contributed by atoms with Crippen molar-refractivity contribution in [1.82, 2.24) is 15.5 Å². The van der Waals surface area contributed by atoms with Crippen LogP contribution in [0.1, 0.15) is 117 Å². The Morgan fingerprint density at radius 3 is 1.66 bits per heavy atom. The van der Waals surface area contributed by atoms with Crippen LogP contribution in [0.25, 0.3) is 0 Å². The minimum absolute atomic E-state index is 0.204. The van der Waals surface area contributed by atoms with Crippen molar-refractivity contribution >= 4 is 5.91 Å². The quantitative estimate of drug-likeness (QED) is 0.218. The van der Waals surface area contributed by atoms with Crippen LogP contribution in [0.15, 0.2) is 0 Å². The fraction of sp³-hybridized carbons (Fsp3) is 0.960. The Morgan fingerprint density at radius 1 is 0.724 bits per heavy atom. The van der Waals surface area contributed by atoms with Gasteiger partial charge in [0.15, 0.2) is 0 Å². The van der Waals surface area contributed by atoms with Gasteiger partial charge in [0.1, 0.15) is 0 Å². The Hall–Kier alpha value is -0.610. The summed E-state index contributed by atoms with van der Waals surface area (Å²) in [4.78, 5) is 14.4. The van der Waals surface area contributed by atoms with Crippen LogP contribution in [-0.2, 0) is 4.79 Å². The molecule has 0 aromatic carbocycles. The highest BCUT2D eigenvalue weighted by Gasteiger charge is 2.10. The third-order valence-electron chi connectivity index (χ3n) is 5.86. The van der Waals surface area contributed by atoms with Crippen molar-refractivity contribution in [2.75, 3.05) is 33.2 Å². The van der Waals surface area contributed by atoms with Crippen molar-refractivity contribution in [2.45, 2.75) is 123 Å². The topological polar surface area (TPSA) is 44.4 Å². The second-order valence-corrected chi connectivity index (χ2v) is 8.93. The first kappa shape index (κ1) is 28.4. The van der Waals surface area contributed by atoms with Crippen molar-refractivity contribution in [3.8, 4) is 0 Å². The third kappa shape index (κ3) is 20.4. The fourth-order valence-electron chi connectivity index (χ4n) is 3.76. The molecule has 0 aliphatic carbocycles. The SMILES string of the molecule is CCCCCCCCCCCCCCCCNC(=O)CCN(CCNC)C(C)C. The molecule has 0 aromatic rings. The molecule has 0 aromatic heterocycles. The molecule has 0 aliphatic heterocycles. The predicted molar refractivity (Wildman–Crippen MR) is 129 cm³/mol. The van der Waals surface area contributed by atoms with Crippen molar-refractivity contribution in [1.29, 1.82) is 0 Å². The van der Waals surface area contributed by atoms with E-state index in [0.29, 0.717) is 12.5 Å². The first-order valence-electron chi connectivity index (χ1n) is 12.8. The Labute approximate surface area is 183 Å². The number of likely N-dealkylation sites (N-methyl/N-ethyl adjacent to an activating group) is 1. The summed E-state index contributed by atoms with van der Waals surface area (Å²) < 4.78 is 0. The molecule has 0 heterocycles. The van der Waals surface area contributed by atoms with E-state index in [2.05, 4.69) is 36.3 Å². The van der Waals surface area contributed by atoms with Crippen LogP contribution >= 0.6 is 0 Å². The number of hydrogen-bond donors (Lipinski definition) is 2. The molecule has 0 saturated carbocycles. The van der Waals surface area contributed by atoms with Crippen molar-refractivity contribution in [3.05, 3.63) is 0 Å². The molecule has 29 heavy (non-hydrogen) atoms. The number of carbonyl (C=O) groups excluding carboxylic acids is 1. The van der Waals surface area contributed by atoms with Crippen LogP contribution in [0, 0.1) is 0 Å². The maximum atomic E-state index is 12.0. The summed E-state index contributed by atoms with van der Waals surface area (Å²) in [5, 5.41) is 6.28. The summed E-state index contributed by atoms with van der Waals surface area (Å²) in [5.74, 6) is 0.204. The molecule has 0 saturated heterocycles. The zero-order valence-corrected chi connectivity index (χ0v) is 20.4. The average Bonchev–Trinajstić information content (AvgIpc) is 2.70. The summed E-state index contributed by atoms with van der Waals surface area (Å²) >= 11 is 0. The molecule has 0 radical (unpaired) electrons. The van der Waals surface area contributed by atoms with Gasteiger partial charge >= 0.3 is 0 Å². The number of nitrogens with one attached hydrogen (secondary N) is 2. The second-order valence-electron chi connectivity index (χ2n) is 8.93. The molecule has 4 heteroatoms. The first-order chi connectivity index (χ1) is 14.1. The number of amides is 1. The Bertz CT molecular complexity index is 347. The molecule has 0 spiro atoms. The van der Waals surface area contributed by atoms with Crippen LogP contribution in [0.4, 0.5) is 0 Å². The van der Waals surface area contributed by atoms with Crippen LogP contribution in [0.5, 0.6) is 0 Å². The van der Waals surface area contributed by atoms with Gasteiger partial charge in [-0.15, -0.1) is 0 Å². The van der Waals surface area contributed by atoms with Gasteiger partial charge in [-0.25, -0.2) is 0 Å². The predicted octanol–water partition coefficient (Wildman–Crippen LogP) is 5.90. The van der Waals surface area contributed by atoms with Crippen LogP contribution < -0.4 is 10.6 Å². The van der Waals surface area contributed by atoms with Gasteiger partial charge in [0, 0.05) is 38.6 Å². The smallest absolute Gasteiger partial charge is 0.221 e. The Kier molecular flexibility index (Phi) is 21.6. The number of hydrogen-bond acceptors (Lipinski definition) is 3. The summed E-state index contributed by atoms with van der Waals surface area (Å²) in [6, 6.07) is 0.488. The van der Waals surface area contributed by atoms with Gasteiger partial charge in [0.05, 0.1) is 0 Å². The van der Waals surface area contributed by atoms with Crippen LogP contribution in [-0.4, -0.2) is 50.1 Å². The molecule has 0 fully saturated rings. The fourth-order valence-corrected chi connectivity index (χ4v) is 3.76. The minimum Gasteiger partial charge on any atom is -0.356 e. The van der Waals surface area contributed by atoms with E-state index >= 15 is 0 Å². The van der Waals surface area contributed by atoms with E-state index in [9.17, 15) is 4.79 Å². The maximum absolute atomic E-state index is 12.0. The molecule has 0 aliphatic rings. The first-order valence-corrected chi connectivity index (χ1v) is 12.8. The third-order valence-corrected chi connectivity index (χ3v) is 5.86. The zero-order chi connectivity index (χ0) is 21.6. The van der Waals surface area contributed by atoms with E-state index in [1.807, 2.05) is 7.05 Å². The highest BCUT2D eigenvalue weighted by Crippen LogP contribution is 2.12. The largest absolute Gasteiger partial charge is 0.356 e. The standard InChI is InChI=1S/C25H53N3O/c1-5-6-7-8-9-10-11-12-13-14-15-16-17-18-20-27-25(29)19-22-28(24(2)3)23-21-26-4/h24,26H,5-23H2,1-4H3,(H,27,29). The van der Waals surface area contributed by atoms with Gasteiger partial charge in [0.25, 0.3) is 0 Å². The monoisotopic (exact) mass is 411 g/mol. The molecule has 0 unspecified atom stereocenters. The highest BCUT2D eigenvalue weighted by atomic mass is 16.1. The van der Waals surface area contributed by atoms with Crippen molar-refractivity contribution in [3.63, 3.8) is 0 Å². The lowest BCUT2D eigenvalue weighted by atomic mass is 10.0. The normalized spacial score (nSPS) is 11.5. The Balaban J connectivity index is 3.36. The molecule has 2 N–H and O–H groups in total. The van der Waals surface area contributed by atoms with E-state index in [1.165, 1.54) is 83.5 Å². The lowest BCUT2D eigenvalue weighted by Crippen LogP contribution is -2.39. The van der Waals surface area contributed by atoms with Gasteiger partial charge in [0.2, 0.25) is 5.91 Å². The van der Waals surface area contributed by atoms with Gasteiger partial charge in [-0.2, -0.15) is 0 Å². The highest BCUT2D eigenvalue weighted by molar-refractivity contribution is 5.75. The van der Waals surface area contributed by atoms with E-state index in [1.54, 1.807) is 0 Å². The van der Waals surface area contributed by atoms with Gasteiger partial charge in [-0.3, -0.25) is 9.69 Å². The van der Waals surface area contributed by atoms with E-state index in [-0.39, 0.29) is 5.91 Å². The lowest BCUT2D eigenvalue weighted by Gasteiger charge is -2.26. The van der Waals surface area contributed by atoms with Crippen LogP contribution in [0.2, 0.25) is 0 Å². The molecule has 4 nitrogen and oxygen atoms in total. The molecule has 0 bridgehead atoms. The maximum Gasteiger partial charge on any atom is 0.221 e. The number of rotatable bonds is 22. The van der Waals surface area contributed by atoms with Crippen molar-refractivity contribution in [2.24, 2.45) is 0 Å². The molecule has 0 rings (SSSR count). The summed E-state index contributed by atoms with van der Waals surface area (Å²) in [6.07, 6.45) is 19.8. The molecule has 1 amide bonds. The Morgan fingerprint density at radius 2 is 1.21 bits per heavy atom. The summed E-state index contributed by atoms with van der Waals surface area (Å²) in [7, 11) is 1.97. The van der Waals surface area contributed by atoms with Gasteiger partial charge in [-0.1, -0.05) is 90.4 Å². The van der Waals surface area contributed by atoms with Gasteiger partial charge in [-0.05, 0) is 27.3 Å².